The van der Waals surface area contributed by atoms with Crippen LogP contribution >= 0.6 is 0 Å². The summed E-state index contributed by atoms with van der Waals surface area (Å²) in [4.78, 5) is 0. The third-order valence-electron chi connectivity index (χ3n) is 12.3. The van der Waals surface area contributed by atoms with Crippen molar-refractivity contribution >= 4 is 0 Å². The predicted molar refractivity (Wildman–Crippen MR) is 131 cm³/mol. The number of phenols is 1. The molecule has 7 aliphatic rings. The fourth-order valence-corrected chi connectivity index (χ4v) is 10.2. The highest BCUT2D eigenvalue weighted by Crippen LogP contribution is 2.80. The van der Waals surface area contributed by atoms with Crippen LogP contribution in [0.5, 0.6) is 11.5 Å². The van der Waals surface area contributed by atoms with E-state index in [9.17, 15) is 10.2 Å². The molecule has 186 valence electrons. The third-order valence-corrected chi connectivity index (χ3v) is 12.3. The maximum Gasteiger partial charge on any atom is 0.165 e. The molecule has 5 saturated carbocycles. The maximum absolute atomic E-state index is 12.2. The van der Waals surface area contributed by atoms with Crippen molar-refractivity contribution in [2.24, 2.45) is 34.5 Å². The molecule has 34 heavy (non-hydrogen) atoms. The Morgan fingerprint density at radius 2 is 1.85 bits per heavy atom. The standard InChI is InChI=1S/C30H42O4/c1-26(2,3)27(4,32)22-16-28-12-13-30(22,33-5)25-29(28)11-10-18(14-17-6-7-17)20(28)15-19-8-9-21(31)24(34-25)23(19)29/h8-9,17-18,20,22,25,31-32H,6-7,10-16H2,1-5H3/t18?,20-,22+,25+,27?,28?,29-,30+/m0/s1. The molecule has 1 aliphatic heterocycles. The summed E-state index contributed by atoms with van der Waals surface area (Å²) in [7, 11) is 1.84. The molecule has 3 unspecified atom stereocenters. The second kappa shape index (κ2) is 6.35. The highest BCUT2D eigenvalue weighted by atomic mass is 16.6. The van der Waals surface area contributed by atoms with E-state index < -0.39 is 11.2 Å². The number of hydrogen-bond donors (Lipinski definition) is 2. The molecule has 2 N–H and O–H groups in total. The van der Waals surface area contributed by atoms with Gasteiger partial charge in [-0.25, -0.2) is 0 Å². The normalized spacial score (nSPS) is 45.5. The second-order valence-corrected chi connectivity index (χ2v) is 14.2. The molecular weight excluding hydrogens is 424 g/mol. The van der Waals surface area contributed by atoms with Gasteiger partial charge in [0.25, 0.3) is 0 Å². The van der Waals surface area contributed by atoms with Gasteiger partial charge in [-0.15, -0.1) is 0 Å². The Morgan fingerprint density at radius 1 is 1.09 bits per heavy atom. The van der Waals surface area contributed by atoms with Crippen LogP contribution in [0.2, 0.25) is 0 Å². The van der Waals surface area contributed by atoms with Gasteiger partial charge in [0.05, 0.1) is 5.60 Å². The Bertz CT molecular complexity index is 1050. The molecular formula is C30H42O4. The van der Waals surface area contributed by atoms with Gasteiger partial charge in [-0.2, -0.15) is 0 Å². The van der Waals surface area contributed by atoms with Crippen LogP contribution in [-0.4, -0.2) is 34.6 Å². The lowest BCUT2D eigenvalue weighted by Crippen LogP contribution is -2.80. The Morgan fingerprint density at radius 3 is 2.53 bits per heavy atom. The first-order chi connectivity index (χ1) is 16.0. The van der Waals surface area contributed by atoms with Crippen molar-refractivity contribution in [3.8, 4) is 11.5 Å². The van der Waals surface area contributed by atoms with Crippen molar-refractivity contribution in [3.05, 3.63) is 23.3 Å². The second-order valence-electron chi connectivity index (χ2n) is 14.2. The first-order valence-electron chi connectivity index (χ1n) is 13.8. The molecule has 6 aliphatic carbocycles. The first-order valence-corrected chi connectivity index (χ1v) is 13.8. The summed E-state index contributed by atoms with van der Waals surface area (Å²) in [6.45, 7) is 8.54. The topological polar surface area (TPSA) is 58.9 Å². The van der Waals surface area contributed by atoms with E-state index in [2.05, 4.69) is 26.8 Å². The molecule has 2 spiro atoms. The van der Waals surface area contributed by atoms with Crippen LogP contribution in [0.4, 0.5) is 0 Å². The number of rotatable bonds is 4. The van der Waals surface area contributed by atoms with Crippen LogP contribution in [0, 0.1) is 34.5 Å². The van der Waals surface area contributed by atoms with E-state index in [1.807, 2.05) is 20.1 Å². The van der Waals surface area contributed by atoms with Crippen LogP contribution in [-0.2, 0) is 16.6 Å². The number of ether oxygens (including phenoxy) is 2. The summed E-state index contributed by atoms with van der Waals surface area (Å²) >= 11 is 0. The largest absolute Gasteiger partial charge is 0.504 e. The van der Waals surface area contributed by atoms with E-state index in [-0.39, 0.29) is 34.0 Å². The minimum Gasteiger partial charge on any atom is -0.504 e. The summed E-state index contributed by atoms with van der Waals surface area (Å²) in [5.74, 6) is 3.33. The summed E-state index contributed by atoms with van der Waals surface area (Å²) in [5, 5.41) is 23.2. The van der Waals surface area contributed by atoms with Crippen molar-refractivity contribution in [2.75, 3.05) is 7.11 Å². The Kier molecular flexibility index (Phi) is 4.10. The zero-order valence-electron chi connectivity index (χ0n) is 21.6. The van der Waals surface area contributed by atoms with Crippen molar-refractivity contribution in [2.45, 2.75) is 108 Å². The molecule has 4 nitrogen and oxygen atoms in total. The fourth-order valence-electron chi connectivity index (χ4n) is 10.2. The lowest BCUT2D eigenvalue weighted by molar-refractivity contribution is -0.314. The van der Waals surface area contributed by atoms with Gasteiger partial charge in [0.2, 0.25) is 0 Å². The number of phenolic OH excluding ortho intramolecular Hbond substituents is 1. The van der Waals surface area contributed by atoms with E-state index in [4.69, 9.17) is 9.47 Å². The van der Waals surface area contributed by atoms with Crippen molar-refractivity contribution in [1.29, 1.82) is 0 Å². The molecule has 8 rings (SSSR count). The molecule has 4 bridgehead atoms. The Balaban J connectivity index is 1.47. The number of benzene rings is 1. The fraction of sp³-hybridized carbons (Fsp3) is 0.800. The number of aliphatic hydroxyl groups is 1. The molecule has 4 heteroatoms. The van der Waals surface area contributed by atoms with Gasteiger partial charge in [-0.3, -0.25) is 0 Å². The van der Waals surface area contributed by atoms with Crippen LogP contribution in [0.15, 0.2) is 12.1 Å². The van der Waals surface area contributed by atoms with Crippen molar-refractivity contribution < 1.29 is 19.7 Å². The van der Waals surface area contributed by atoms with Gasteiger partial charge in [0, 0.05) is 24.0 Å². The first kappa shape index (κ1) is 22.0. The monoisotopic (exact) mass is 466 g/mol. The van der Waals surface area contributed by atoms with Gasteiger partial charge in [-0.1, -0.05) is 39.7 Å². The van der Waals surface area contributed by atoms with Gasteiger partial charge in [-0.05, 0) is 92.1 Å². The quantitative estimate of drug-likeness (QED) is 0.593. The number of fused-ring (bicyclic) bond motifs is 2. The third kappa shape index (κ3) is 2.26. The van der Waals surface area contributed by atoms with E-state index in [1.165, 1.54) is 36.8 Å². The van der Waals surface area contributed by atoms with Crippen LogP contribution < -0.4 is 4.74 Å². The summed E-state index contributed by atoms with van der Waals surface area (Å²) in [5.41, 5.74) is 1.02. The number of methoxy groups -OCH3 is 1. The molecule has 1 aromatic carbocycles. The number of hydrogen-bond acceptors (Lipinski definition) is 4. The minimum atomic E-state index is -0.890. The zero-order chi connectivity index (χ0) is 23.9. The highest BCUT2D eigenvalue weighted by Gasteiger charge is 2.82. The van der Waals surface area contributed by atoms with Gasteiger partial charge < -0.3 is 19.7 Å². The lowest BCUT2D eigenvalue weighted by Gasteiger charge is -2.75. The highest BCUT2D eigenvalue weighted by molar-refractivity contribution is 5.63. The van der Waals surface area contributed by atoms with E-state index in [0.717, 1.165) is 49.7 Å². The molecule has 0 aromatic heterocycles. The molecule has 8 atom stereocenters. The molecule has 0 radical (unpaired) electrons. The SMILES string of the molecule is CO[C@]12CCC3(C[C@@H]1C(C)(O)C(C)(C)C)[C@H]1Cc4ccc(O)c5c4[C@@]3(CCC1CC1CC1)[C@H]2O5. The summed E-state index contributed by atoms with van der Waals surface area (Å²) < 4.78 is 13.5. The van der Waals surface area contributed by atoms with Crippen LogP contribution in [0.1, 0.15) is 90.2 Å². The summed E-state index contributed by atoms with van der Waals surface area (Å²) in [6, 6.07) is 4.04. The Labute approximate surface area is 204 Å². The van der Waals surface area contributed by atoms with Gasteiger partial charge in [0.15, 0.2) is 11.5 Å². The molecule has 1 heterocycles. The predicted octanol–water partition coefficient (Wildman–Crippen LogP) is 5.76. The van der Waals surface area contributed by atoms with E-state index in [0.29, 0.717) is 5.92 Å². The summed E-state index contributed by atoms with van der Waals surface area (Å²) in [6.07, 6.45) is 10.6. The Hall–Kier alpha value is -1.26. The maximum atomic E-state index is 12.2. The van der Waals surface area contributed by atoms with Crippen molar-refractivity contribution in [1.82, 2.24) is 0 Å². The van der Waals surface area contributed by atoms with Crippen molar-refractivity contribution in [3.63, 3.8) is 0 Å². The van der Waals surface area contributed by atoms with E-state index >= 15 is 0 Å². The number of aromatic hydroxyl groups is 1. The molecule has 1 aromatic rings. The molecule has 0 amide bonds. The van der Waals surface area contributed by atoms with Gasteiger partial charge >= 0.3 is 0 Å². The molecule has 0 saturated heterocycles. The molecule has 5 fully saturated rings. The lowest BCUT2D eigenvalue weighted by atomic mass is 9.30. The van der Waals surface area contributed by atoms with E-state index in [1.54, 1.807) is 0 Å². The van der Waals surface area contributed by atoms with Crippen LogP contribution in [0.3, 0.4) is 0 Å². The smallest absolute Gasteiger partial charge is 0.165 e. The average Bonchev–Trinajstić information content (AvgIpc) is 3.53. The van der Waals surface area contributed by atoms with Gasteiger partial charge in [0.1, 0.15) is 11.7 Å². The minimum absolute atomic E-state index is 0.00273. The average molecular weight is 467 g/mol. The zero-order valence-corrected chi connectivity index (χ0v) is 21.6. The van der Waals surface area contributed by atoms with Crippen LogP contribution in [0.25, 0.3) is 0 Å².